The van der Waals surface area contributed by atoms with Gasteiger partial charge in [-0.1, -0.05) is 24.3 Å². The van der Waals surface area contributed by atoms with Gasteiger partial charge in [0.2, 0.25) is 0 Å². The Hall–Kier alpha value is -0.860. The van der Waals surface area contributed by atoms with E-state index in [1.54, 1.807) is 0 Å². The lowest BCUT2D eigenvalue weighted by Crippen LogP contribution is -2.67. The summed E-state index contributed by atoms with van der Waals surface area (Å²) in [6.45, 7) is 12.7. The summed E-state index contributed by atoms with van der Waals surface area (Å²) in [6.07, 6.45) is 2.81. The van der Waals surface area contributed by atoms with Gasteiger partial charge in [0.05, 0.1) is 0 Å². The van der Waals surface area contributed by atoms with E-state index in [4.69, 9.17) is 0 Å². The van der Waals surface area contributed by atoms with E-state index in [2.05, 4.69) is 62.2 Å². The van der Waals surface area contributed by atoms with Crippen molar-refractivity contribution >= 4 is 0 Å². The van der Waals surface area contributed by atoms with Crippen molar-refractivity contribution < 1.29 is 0 Å². The van der Waals surface area contributed by atoms with Crippen molar-refractivity contribution in [1.29, 1.82) is 0 Å². The quantitative estimate of drug-likeness (QED) is 0.908. The van der Waals surface area contributed by atoms with Gasteiger partial charge in [0.15, 0.2) is 0 Å². The highest BCUT2D eigenvalue weighted by Crippen LogP contribution is 2.45. The van der Waals surface area contributed by atoms with Crippen LogP contribution in [0, 0.1) is 12.8 Å². The monoisotopic (exact) mass is 272 g/mol. The van der Waals surface area contributed by atoms with E-state index in [0.717, 1.165) is 25.6 Å². The second-order valence-electron chi connectivity index (χ2n) is 7.65. The molecular formula is C18H28N2. The molecule has 110 valence electrons. The number of nitrogens with zero attached hydrogens (tertiary/aromatic N) is 1. The minimum Gasteiger partial charge on any atom is -0.309 e. The van der Waals surface area contributed by atoms with Crippen LogP contribution in [0.5, 0.6) is 0 Å². The molecule has 0 aromatic heterocycles. The maximum atomic E-state index is 3.76. The Balaban J connectivity index is 1.85. The molecule has 0 spiro atoms. The van der Waals surface area contributed by atoms with Gasteiger partial charge in [-0.2, -0.15) is 0 Å². The second-order valence-corrected chi connectivity index (χ2v) is 7.65. The molecule has 0 amide bonds. The van der Waals surface area contributed by atoms with E-state index < -0.39 is 0 Å². The third-order valence-electron chi connectivity index (χ3n) is 5.31. The van der Waals surface area contributed by atoms with Crippen LogP contribution in [0.15, 0.2) is 24.3 Å². The van der Waals surface area contributed by atoms with Crippen molar-refractivity contribution in [3.8, 4) is 0 Å². The molecule has 0 bridgehead atoms. The van der Waals surface area contributed by atoms with E-state index in [0.29, 0.717) is 5.54 Å². The fraction of sp³-hybridized carbons (Fsp3) is 0.667. The van der Waals surface area contributed by atoms with Gasteiger partial charge in [0.1, 0.15) is 0 Å². The smallest absolute Gasteiger partial charge is 0.0338 e. The van der Waals surface area contributed by atoms with Crippen LogP contribution >= 0.6 is 0 Å². The first-order valence-corrected chi connectivity index (χ1v) is 7.95. The summed E-state index contributed by atoms with van der Waals surface area (Å²) in [4.78, 5) is 2.74. The number of rotatable bonds is 3. The van der Waals surface area contributed by atoms with Crippen LogP contribution in [0.3, 0.4) is 0 Å². The summed E-state index contributed by atoms with van der Waals surface area (Å²) in [5, 5.41) is 3.76. The normalized spacial score (nSPS) is 30.4. The minimum atomic E-state index is 0.219. The lowest BCUT2D eigenvalue weighted by molar-refractivity contribution is 0.00508. The van der Waals surface area contributed by atoms with Gasteiger partial charge in [0.25, 0.3) is 0 Å². The van der Waals surface area contributed by atoms with E-state index in [-0.39, 0.29) is 5.54 Å². The Bertz CT molecular complexity index is 490. The standard InChI is InChI=1S/C18H28N2/c1-14-7-5-6-8-15(14)11-20-13-17(2,3)19-12-18(20,4)16-9-10-16/h5-8,16,19H,9-13H2,1-4H3. The van der Waals surface area contributed by atoms with Gasteiger partial charge >= 0.3 is 0 Å². The van der Waals surface area contributed by atoms with Crippen molar-refractivity contribution in [1.82, 2.24) is 10.2 Å². The molecule has 1 saturated heterocycles. The fourth-order valence-electron chi connectivity index (χ4n) is 3.58. The Morgan fingerprint density at radius 1 is 1.20 bits per heavy atom. The van der Waals surface area contributed by atoms with Crippen LogP contribution in [0.4, 0.5) is 0 Å². The molecule has 2 aliphatic rings. The summed E-state index contributed by atoms with van der Waals surface area (Å²) in [5.74, 6) is 0.884. The average Bonchev–Trinajstić information content (AvgIpc) is 3.21. The summed E-state index contributed by atoms with van der Waals surface area (Å²) >= 11 is 0. The zero-order chi connectivity index (χ0) is 14.4. The molecule has 1 aliphatic heterocycles. The summed E-state index contributed by atoms with van der Waals surface area (Å²) in [7, 11) is 0. The highest BCUT2D eigenvalue weighted by molar-refractivity contribution is 5.26. The third kappa shape index (κ3) is 2.64. The first-order valence-electron chi connectivity index (χ1n) is 7.95. The maximum Gasteiger partial charge on any atom is 0.0338 e. The first-order chi connectivity index (χ1) is 9.41. The summed E-state index contributed by atoms with van der Waals surface area (Å²) in [5.41, 5.74) is 3.45. The Morgan fingerprint density at radius 2 is 1.90 bits per heavy atom. The SMILES string of the molecule is Cc1ccccc1CN1CC(C)(C)NCC1(C)C1CC1. The molecule has 1 saturated carbocycles. The molecule has 0 radical (unpaired) electrons. The Morgan fingerprint density at radius 3 is 2.55 bits per heavy atom. The van der Waals surface area contributed by atoms with Crippen LogP contribution in [0.2, 0.25) is 0 Å². The summed E-state index contributed by atoms with van der Waals surface area (Å²) in [6, 6.07) is 8.83. The molecule has 1 aromatic carbocycles. The zero-order valence-corrected chi connectivity index (χ0v) is 13.4. The van der Waals surface area contributed by atoms with Crippen LogP contribution in [0.1, 0.15) is 44.7 Å². The van der Waals surface area contributed by atoms with E-state index in [9.17, 15) is 0 Å². The van der Waals surface area contributed by atoms with E-state index in [1.165, 1.54) is 24.0 Å². The fourth-order valence-corrected chi connectivity index (χ4v) is 3.58. The number of benzene rings is 1. The molecular weight excluding hydrogens is 244 g/mol. The average molecular weight is 272 g/mol. The molecule has 20 heavy (non-hydrogen) atoms. The van der Waals surface area contributed by atoms with Gasteiger partial charge < -0.3 is 5.32 Å². The molecule has 1 heterocycles. The maximum absolute atomic E-state index is 3.76. The number of hydrogen-bond acceptors (Lipinski definition) is 2. The van der Waals surface area contributed by atoms with Gasteiger partial charge in [-0.25, -0.2) is 0 Å². The molecule has 2 heteroatoms. The molecule has 1 unspecified atom stereocenters. The molecule has 1 aliphatic carbocycles. The summed E-state index contributed by atoms with van der Waals surface area (Å²) < 4.78 is 0. The molecule has 2 nitrogen and oxygen atoms in total. The molecule has 1 aromatic rings. The van der Waals surface area contributed by atoms with E-state index in [1.807, 2.05) is 0 Å². The van der Waals surface area contributed by atoms with Crippen molar-refractivity contribution in [3.63, 3.8) is 0 Å². The van der Waals surface area contributed by atoms with Crippen molar-refractivity contribution in [2.24, 2.45) is 5.92 Å². The van der Waals surface area contributed by atoms with Gasteiger partial charge in [-0.15, -0.1) is 0 Å². The number of piperazine rings is 1. The van der Waals surface area contributed by atoms with Crippen LogP contribution in [-0.4, -0.2) is 29.1 Å². The lowest BCUT2D eigenvalue weighted by atomic mass is 9.85. The molecule has 1 N–H and O–H groups in total. The Labute approximate surface area is 123 Å². The van der Waals surface area contributed by atoms with Crippen molar-refractivity contribution in [3.05, 3.63) is 35.4 Å². The van der Waals surface area contributed by atoms with Gasteiger partial charge in [-0.05, 0) is 57.6 Å². The highest BCUT2D eigenvalue weighted by atomic mass is 15.3. The van der Waals surface area contributed by atoms with Crippen LogP contribution < -0.4 is 5.32 Å². The predicted molar refractivity (Wildman–Crippen MR) is 84.8 cm³/mol. The highest BCUT2D eigenvalue weighted by Gasteiger charge is 2.49. The van der Waals surface area contributed by atoms with Crippen molar-refractivity contribution in [2.45, 2.75) is 58.2 Å². The molecule has 1 atom stereocenters. The third-order valence-corrected chi connectivity index (χ3v) is 5.31. The van der Waals surface area contributed by atoms with E-state index >= 15 is 0 Å². The number of hydrogen-bond donors (Lipinski definition) is 1. The number of nitrogens with one attached hydrogen (secondary N) is 1. The van der Waals surface area contributed by atoms with Crippen LogP contribution in [0.25, 0.3) is 0 Å². The van der Waals surface area contributed by atoms with Gasteiger partial charge in [-0.3, -0.25) is 4.90 Å². The zero-order valence-electron chi connectivity index (χ0n) is 13.4. The lowest BCUT2D eigenvalue weighted by Gasteiger charge is -2.52. The molecule has 3 rings (SSSR count). The van der Waals surface area contributed by atoms with Crippen LogP contribution in [-0.2, 0) is 6.54 Å². The predicted octanol–water partition coefficient (Wildman–Crippen LogP) is 3.35. The minimum absolute atomic E-state index is 0.219. The Kier molecular flexibility index (Phi) is 3.42. The second kappa shape index (κ2) is 4.85. The first kappa shape index (κ1) is 14.1. The number of aryl methyl sites for hydroxylation is 1. The topological polar surface area (TPSA) is 15.3 Å². The molecule has 2 fully saturated rings. The largest absolute Gasteiger partial charge is 0.309 e. The van der Waals surface area contributed by atoms with Gasteiger partial charge in [0, 0.05) is 30.7 Å². The van der Waals surface area contributed by atoms with Crippen molar-refractivity contribution in [2.75, 3.05) is 13.1 Å².